The van der Waals surface area contributed by atoms with Crippen molar-refractivity contribution in [3.05, 3.63) is 29.8 Å². The number of carboxylic acid groups (broad SMARTS) is 1. The molecule has 16 heavy (non-hydrogen) atoms. The molecule has 0 bridgehead atoms. The third kappa shape index (κ3) is 3.08. The molecule has 0 fully saturated rings. The van der Waals surface area contributed by atoms with Gasteiger partial charge in [-0.15, -0.1) is 0 Å². The lowest BCUT2D eigenvalue weighted by molar-refractivity contribution is -0.137. The van der Waals surface area contributed by atoms with Gasteiger partial charge in [0, 0.05) is 17.2 Å². The van der Waals surface area contributed by atoms with Crippen molar-refractivity contribution in [1.29, 1.82) is 0 Å². The van der Waals surface area contributed by atoms with Gasteiger partial charge in [-0.2, -0.15) is 0 Å². The van der Waals surface area contributed by atoms with Crippen LogP contribution in [0, 0.1) is 5.92 Å². The topological polar surface area (TPSA) is 80.4 Å². The van der Waals surface area contributed by atoms with E-state index < -0.39 is 11.9 Å². The number of ketones is 1. The van der Waals surface area contributed by atoms with E-state index in [1.165, 1.54) is 0 Å². The largest absolute Gasteiger partial charge is 0.481 e. The second-order valence-corrected chi connectivity index (χ2v) is 3.69. The Balaban J connectivity index is 2.82. The zero-order valence-corrected chi connectivity index (χ0v) is 9.14. The van der Waals surface area contributed by atoms with Crippen LogP contribution in [0.15, 0.2) is 24.3 Å². The molecule has 4 nitrogen and oxygen atoms in total. The number of carbonyl (C=O) groups is 2. The van der Waals surface area contributed by atoms with Crippen LogP contribution in [0.4, 0.5) is 5.69 Å². The second-order valence-electron chi connectivity index (χ2n) is 3.69. The fraction of sp³-hybridized carbons (Fsp3) is 0.333. The molecular weight excluding hydrogens is 206 g/mol. The van der Waals surface area contributed by atoms with Gasteiger partial charge in [-0.25, -0.2) is 0 Å². The molecule has 1 unspecified atom stereocenters. The number of nitrogens with two attached hydrogens (primary N) is 1. The van der Waals surface area contributed by atoms with Crippen LogP contribution < -0.4 is 5.73 Å². The van der Waals surface area contributed by atoms with Crippen molar-refractivity contribution in [2.75, 3.05) is 5.73 Å². The molecule has 0 saturated heterocycles. The number of carboxylic acids is 1. The van der Waals surface area contributed by atoms with Gasteiger partial charge in [-0.3, -0.25) is 9.59 Å². The number of nitrogen functional groups attached to an aromatic ring is 1. The highest BCUT2D eigenvalue weighted by atomic mass is 16.4. The van der Waals surface area contributed by atoms with Crippen LogP contribution >= 0.6 is 0 Å². The van der Waals surface area contributed by atoms with Crippen LogP contribution in [-0.4, -0.2) is 16.9 Å². The maximum atomic E-state index is 11.9. The molecule has 0 aliphatic heterocycles. The minimum Gasteiger partial charge on any atom is -0.481 e. The van der Waals surface area contributed by atoms with Gasteiger partial charge < -0.3 is 10.8 Å². The van der Waals surface area contributed by atoms with Crippen LogP contribution in [0.2, 0.25) is 0 Å². The van der Waals surface area contributed by atoms with Crippen molar-refractivity contribution >= 4 is 17.4 Å². The number of aliphatic carboxylic acids is 1. The fourth-order valence-corrected chi connectivity index (χ4v) is 1.52. The van der Waals surface area contributed by atoms with E-state index in [2.05, 4.69) is 0 Å². The quantitative estimate of drug-likeness (QED) is 0.588. The van der Waals surface area contributed by atoms with Crippen molar-refractivity contribution in [3.63, 3.8) is 0 Å². The maximum Gasteiger partial charge on any atom is 0.304 e. The van der Waals surface area contributed by atoms with Crippen molar-refractivity contribution in [3.8, 4) is 0 Å². The molecule has 1 atom stereocenters. The Morgan fingerprint density at radius 3 is 2.31 bits per heavy atom. The maximum absolute atomic E-state index is 11.9. The lowest BCUT2D eigenvalue weighted by Gasteiger charge is -2.11. The number of rotatable bonds is 5. The molecule has 0 heterocycles. The monoisotopic (exact) mass is 221 g/mol. The van der Waals surface area contributed by atoms with Crippen LogP contribution in [0.3, 0.4) is 0 Å². The van der Waals surface area contributed by atoms with E-state index in [4.69, 9.17) is 10.8 Å². The fourth-order valence-electron chi connectivity index (χ4n) is 1.52. The Morgan fingerprint density at radius 1 is 1.31 bits per heavy atom. The minimum absolute atomic E-state index is 0.125. The molecule has 4 heteroatoms. The van der Waals surface area contributed by atoms with E-state index >= 15 is 0 Å². The van der Waals surface area contributed by atoms with Gasteiger partial charge in [0.2, 0.25) is 0 Å². The van der Waals surface area contributed by atoms with Gasteiger partial charge in [-0.1, -0.05) is 6.92 Å². The Kier molecular flexibility index (Phi) is 4.05. The molecule has 1 aromatic carbocycles. The van der Waals surface area contributed by atoms with Gasteiger partial charge in [0.25, 0.3) is 0 Å². The van der Waals surface area contributed by atoms with E-state index in [9.17, 15) is 9.59 Å². The first-order chi connectivity index (χ1) is 7.54. The Morgan fingerprint density at radius 2 is 1.88 bits per heavy atom. The van der Waals surface area contributed by atoms with Crippen LogP contribution in [0.25, 0.3) is 0 Å². The van der Waals surface area contributed by atoms with Crippen molar-refractivity contribution in [1.82, 2.24) is 0 Å². The Labute approximate surface area is 94.1 Å². The molecule has 3 N–H and O–H groups in total. The summed E-state index contributed by atoms with van der Waals surface area (Å²) in [5.41, 5.74) is 6.61. The number of Topliss-reactive ketones (excluding diaryl/α,β-unsaturated/α-hetero) is 1. The minimum atomic E-state index is -0.948. The van der Waals surface area contributed by atoms with E-state index in [0.29, 0.717) is 17.7 Å². The lowest BCUT2D eigenvalue weighted by atomic mass is 9.92. The first-order valence-corrected chi connectivity index (χ1v) is 5.16. The molecule has 0 saturated carbocycles. The summed E-state index contributed by atoms with van der Waals surface area (Å²) in [7, 11) is 0. The Bertz CT molecular complexity index is 384. The summed E-state index contributed by atoms with van der Waals surface area (Å²) in [5, 5.41) is 8.68. The van der Waals surface area contributed by atoms with Crippen LogP contribution in [0.1, 0.15) is 30.1 Å². The molecule has 0 aliphatic rings. The molecule has 1 rings (SSSR count). The summed E-state index contributed by atoms with van der Waals surface area (Å²) in [6.07, 6.45) is 0.398. The number of carbonyl (C=O) groups excluding carboxylic acids is 1. The van der Waals surface area contributed by atoms with Crippen molar-refractivity contribution in [2.24, 2.45) is 5.92 Å². The SMILES string of the molecule is CCC(CC(=O)O)C(=O)c1ccc(N)cc1. The standard InChI is InChI=1S/C12H15NO3/c1-2-8(7-11(14)15)12(16)9-3-5-10(13)6-4-9/h3-6,8H,2,7,13H2,1H3,(H,14,15). The predicted octanol–water partition coefficient (Wildman–Crippen LogP) is 1.95. The third-order valence-corrected chi connectivity index (χ3v) is 2.48. The van der Waals surface area contributed by atoms with Gasteiger partial charge in [-0.05, 0) is 30.7 Å². The molecule has 0 aliphatic carbocycles. The van der Waals surface area contributed by atoms with E-state index in [1.54, 1.807) is 24.3 Å². The molecular formula is C12H15NO3. The number of anilines is 1. The average Bonchev–Trinajstić information content (AvgIpc) is 2.25. The van der Waals surface area contributed by atoms with Gasteiger partial charge in [0.1, 0.15) is 0 Å². The number of hydrogen-bond acceptors (Lipinski definition) is 3. The summed E-state index contributed by atoms with van der Waals surface area (Å²) < 4.78 is 0. The Hall–Kier alpha value is -1.84. The third-order valence-electron chi connectivity index (χ3n) is 2.48. The summed E-state index contributed by atoms with van der Waals surface area (Å²) in [6, 6.07) is 6.53. The molecule has 86 valence electrons. The second kappa shape index (κ2) is 5.30. The summed E-state index contributed by atoms with van der Waals surface area (Å²) in [6.45, 7) is 1.81. The summed E-state index contributed by atoms with van der Waals surface area (Å²) >= 11 is 0. The normalized spacial score (nSPS) is 12.1. The number of hydrogen-bond donors (Lipinski definition) is 2. The lowest BCUT2D eigenvalue weighted by Crippen LogP contribution is -2.17. The van der Waals surface area contributed by atoms with E-state index in [0.717, 1.165) is 0 Å². The highest BCUT2D eigenvalue weighted by Crippen LogP contribution is 2.17. The highest BCUT2D eigenvalue weighted by molar-refractivity contribution is 5.99. The predicted molar refractivity (Wildman–Crippen MR) is 61.2 cm³/mol. The summed E-state index contributed by atoms with van der Waals surface area (Å²) in [4.78, 5) is 22.5. The molecule has 0 spiro atoms. The molecule has 0 radical (unpaired) electrons. The van der Waals surface area contributed by atoms with Gasteiger partial charge in [0.05, 0.1) is 6.42 Å². The zero-order chi connectivity index (χ0) is 12.1. The summed E-state index contributed by atoms with van der Waals surface area (Å²) in [5.74, 6) is -1.54. The number of benzene rings is 1. The first kappa shape index (κ1) is 12.2. The van der Waals surface area contributed by atoms with Crippen LogP contribution in [-0.2, 0) is 4.79 Å². The van der Waals surface area contributed by atoms with E-state index in [-0.39, 0.29) is 12.2 Å². The molecule has 0 amide bonds. The smallest absolute Gasteiger partial charge is 0.304 e. The van der Waals surface area contributed by atoms with Gasteiger partial charge in [0.15, 0.2) is 5.78 Å². The zero-order valence-electron chi connectivity index (χ0n) is 9.14. The van der Waals surface area contributed by atoms with Gasteiger partial charge >= 0.3 is 5.97 Å². The molecule has 1 aromatic rings. The average molecular weight is 221 g/mol. The molecule has 0 aromatic heterocycles. The van der Waals surface area contributed by atoms with Crippen LogP contribution in [0.5, 0.6) is 0 Å². The van der Waals surface area contributed by atoms with E-state index in [1.807, 2.05) is 6.92 Å². The first-order valence-electron chi connectivity index (χ1n) is 5.16. The van der Waals surface area contributed by atoms with Crippen molar-refractivity contribution in [2.45, 2.75) is 19.8 Å². The highest BCUT2D eigenvalue weighted by Gasteiger charge is 2.20. The van der Waals surface area contributed by atoms with Crippen molar-refractivity contribution < 1.29 is 14.7 Å².